The number of nitro benzene ring substituents is 1. The summed E-state index contributed by atoms with van der Waals surface area (Å²) in [5, 5.41) is 15.1. The number of non-ortho nitro benzene ring substituents is 1. The first kappa shape index (κ1) is 14.7. The van der Waals surface area contributed by atoms with Gasteiger partial charge in [-0.1, -0.05) is 11.6 Å². The summed E-state index contributed by atoms with van der Waals surface area (Å²) in [6.45, 7) is 0. The fourth-order valence-corrected chi connectivity index (χ4v) is 1.69. The van der Waals surface area contributed by atoms with E-state index in [1.54, 1.807) is 24.3 Å². The van der Waals surface area contributed by atoms with Crippen LogP contribution in [0.5, 0.6) is 0 Å². The average molecular weight is 304 g/mol. The number of aldehydes is 1. The van der Waals surface area contributed by atoms with Crippen LogP contribution in [-0.2, 0) is 4.79 Å². The number of hydrogen-bond donors (Lipinski definition) is 1. The van der Waals surface area contributed by atoms with Crippen molar-refractivity contribution in [2.45, 2.75) is 0 Å². The molecule has 0 unspecified atom stereocenters. The predicted octanol–water partition coefficient (Wildman–Crippen LogP) is 3.26. The number of hydrogen-bond acceptors (Lipinski definition) is 5. The van der Waals surface area contributed by atoms with Crippen molar-refractivity contribution < 1.29 is 9.72 Å². The minimum absolute atomic E-state index is 0.0466. The van der Waals surface area contributed by atoms with E-state index in [1.807, 2.05) is 0 Å². The lowest BCUT2D eigenvalue weighted by Crippen LogP contribution is -2.06. The molecule has 0 spiro atoms. The largest absolute Gasteiger partial charge is 0.296 e. The van der Waals surface area contributed by atoms with Gasteiger partial charge in [-0.25, -0.2) is 0 Å². The molecular weight excluding hydrogens is 294 g/mol. The van der Waals surface area contributed by atoms with Crippen LogP contribution in [0.1, 0.15) is 5.56 Å². The van der Waals surface area contributed by atoms with E-state index in [4.69, 9.17) is 11.6 Å². The quantitative estimate of drug-likeness (QED) is 0.397. The number of nitrogens with zero attached hydrogens (tertiary/aromatic N) is 2. The molecule has 0 bridgehead atoms. The Kier molecular flexibility index (Phi) is 4.63. The number of carbonyl (C=O) groups excluding carboxylic acids is 1. The van der Waals surface area contributed by atoms with Gasteiger partial charge >= 0.3 is 0 Å². The van der Waals surface area contributed by atoms with Crippen LogP contribution in [-0.4, -0.2) is 16.9 Å². The van der Waals surface area contributed by atoms with Gasteiger partial charge in [0.15, 0.2) is 6.29 Å². The van der Waals surface area contributed by atoms with E-state index >= 15 is 0 Å². The molecule has 2 aromatic carbocycles. The van der Waals surface area contributed by atoms with Gasteiger partial charge in [0, 0.05) is 22.7 Å². The Balaban J connectivity index is 2.18. The Bertz CT molecular complexity index is 682. The van der Waals surface area contributed by atoms with Gasteiger partial charge in [-0.3, -0.25) is 20.3 Å². The monoisotopic (exact) mass is 303 g/mol. The summed E-state index contributed by atoms with van der Waals surface area (Å²) in [6, 6.07) is 12.4. The fourth-order valence-electron chi connectivity index (χ4n) is 1.56. The zero-order valence-electron chi connectivity index (χ0n) is 10.7. The summed E-state index contributed by atoms with van der Waals surface area (Å²) in [6.07, 6.45) is 0.573. The standard InChI is InChI=1S/C14H10ClN3O3/c15-11-3-5-12(6-4-11)16-17-14(9-19)10-1-7-13(8-2-10)18(20)21/h1-9,16H/b17-14+. The molecule has 7 heteroatoms. The third-order valence-electron chi connectivity index (χ3n) is 2.64. The number of nitro groups is 1. The Hall–Kier alpha value is -2.73. The molecule has 1 N–H and O–H groups in total. The highest BCUT2D eigenvalue weighted by atomic mass is 35.5. The van der Waals surface area contributed by atoms with Gasteiger partial charge in [-0.15, -0.1) is 0 Å². The minimum atomic E-state index is -0.506. The summed E-state index contributed by atoms with van der Waals surface area (Å²) in [5.74, 6) is 0. The van der Waals surface area contributed by atoms with Crippen LogP contribution >= 0.6 is 11.6 Å². The zero-order chi connectivity index (χ0) is 15.2. The van der Waals surface area contributed by atoms with Gasteiger partial charge in [0.05, 0.1) is 10.6 Å². The molecule has 0 atom stereocenters. The molecular formula is C14H10ClN3O3. The summed E-state index contributed by atoms with van der Waals surface area (Å²) >= 11 is 5.76. The van der Waals surface area contributed by atoms with Crippen LogP contribution in [0.4, 0.5) is 11.4 Å². The summed E-state index contributed by atoms with van der Waals surface area (Å²) in [4.78, 5) is 21.1. The number of carbonyl (C=O) groups is 1. The molecule has 2 rings (SSSR count). The highest BCUT2D eigenvalue weighted by Crippen LogP contribution is 2.15. The van der Waals surface area contributed by atoms with Crippen molar-refractivity contribution in [1.29, 1.82) is 0 Å². The van der Waals surface area contributed by atoms with Crippen molar-refractivity contribution in [1.82, 2.24) is 0 Å². The zero-order valence-corrected chi connectivity index (χ0v) is 11.4. The highest BCUT2D eigenvalue weighted by molar-refractivity contribution is 6.36. The number of hydrazone groups is 1. The second-order valence-electron chi connectivity index (χ2n) is 4.04. The topological polar surface area (TPSA) is 84.6 Å². The van der Waals surface area contributed by atoms with E-state index in [0.29, 0.717) is 22.6 Å². The molecule has 0 fully saturated rings. The average Bonchev–Trinajstić information content (AvgIpc) is 2.50. The van der Waals surface area contributed by atoms with Gasteiger partial charge in [-0.2, -0.15) is 5.10 Å². The van der Waals surface area contributed by atoms with E-state index in [1.165, 1.54) is 24.3 Å². The second-order valence-corrected chi connectivity index (χ2v) is 4.47. The van der Waals surface area contributed by atoms with Crippen LogP contribution in [0, 0.1) is 10.1 Å². The number of nitrogens with one attached hydrogen (secondary N) is 1. The van der Waals surface area contributed by atoms with Crippen molar-refractivity contribution in [3.05, 3.63) is 69.2 Å². The summed E-state index contributed by atoms with van der Waals surface area (Å²) < 4.78 is 0. The van der Waals surface area contributed by atoms with Gasteiger partial charge < -0.3 is 0 Å². The van der Waals surface area contributed by atoms with E-state index in [9.17, 15) is 14.9 Å². The molecule has 0 aliphatic carbocycles. The van der Waals surface area contributed by atoms with Crippen LogP contribution < -0.4 is 5.43 Å². The fraction of sp³-hybridized carbons (Fsp3) is 0. The normalized spacial score (nSPS) is 11.0. The van der Waals surface area contributed by atoms with Crippen molar-refractivity contribution >= 4 is 35.0 Å². The van der Waals surface area contributed by atoms with E-state index in [0.717, 1.165) is 0 Å². The van der Waals surface area contributed by atoms with Gasteiger partial charge in [0.25, 0.3) is 5.69 Å². The molecule has 2 aromatic rings. The van der Waals surface area contributed by atoms with E-state index in [2.05, 4.69) is 10.5 Å². The SMILES string of the molecule is O=C/C(=N\Nc1ccc(Cl)cc1)c1ccc([N+](=O)[O-])cc1. The molecule has 0 radical (unpaired) electrons. The van der Waals surface area contributed by atoms with Crippen LogP contribution in [0.15, 0.2) is 53.6 Å². The molecule has 0 aliphatic heterocycles. The summed E-state index contributed by atoms with van der Waals surface area (Å²) in [5.41, 5.74) is 3.97. The number of rotatable bonds is 5. The van der Waals surface area contributed by atoms with Crippen LogP contribution in [0.3, 0.4) is 0 Å². The molecule has 106 valence electrons. The smallest absolute Gasteiger partial charge is 0.269 e. The number of anilines is 1. The van der Waals surface area contributed by atoms with Gasteiger partial charge in [0.1, 0.15) is 5.71 Å². The first-order chi connectivity index (χ1) is 10.1. The first-order valence-corrected chi connectivity index (χ1v) is 6.27. The summed E-state index contributed by atoms with van der Waals surface area (Å²) in [7, 11) is 0. The molecule has 0 aromatic heterocycles. The molecule has 0 saturated heterocycles. The van der Waals surface area contributed by atoms with Crippen molar-refractivity contribution in [3.63, 3.8) is 0 Å². The van der Waals surface area contributed by atoms with Crippen molar-refractivity contribution in [3.8, 4) is 0 Å². The molecule has 0 amide bonds. The lowest BCUT2D eigenvalue weighted by Gasteiger charge is -2.03. The maximum Gasteiger partial charge on any atom is 0.269 e. The van der Waals surface area contributed by atoms with Gasteiger partial charge in [-0.05, 0) is 36.4 Å². The third kappa shape index (κ3) is 3.87. The lowest BCUT2D eigenvalue weighted by molar-refractivity contribution is -0.384. The van der Waals surface area contributed by atoms with Crippen LogP contribution in [0.2, 0.25) is 5.02 Å². The van der Waals surface area contributed by atoms with Crippen LogP contribution in [0.25, 0.3) is 0 Å². The number of benzene rings is 2. The third-order valence-corrected chi connectivity index (χ3v) is 2.89. The van der Waals surface area contributed by atoms with Gasteiger partial charge in [0.2, 0.25) is 0 Å². The molecule has 6 nitrogen and oxygen atoms in total. The Morgan fingerprint density at radius 1 is 1.14 bits per heavy atom. The minimum Gasteiger partial charge on any atom is -0.296 e. The Labute approximate surface area is 125 Å². The first-order valence-electron chi connectivity index (χ1n) is 5.89. The highest BCUT2D eigenvalue weighted by Gasteiger charge is 2.07. The maximum atomic E-state index is 11.1. The molecule has 0 aliphatic rings. The van der Waals surface area contributed by atoms with Crippen molar-refractivity contribution in [2.24, 2.45) is 5.10 Å². The van der Waals surface area contributed by atoms with Crippen molar-refractivity contribution in [2.75, 3.05) is 5.43 Å². The molecule has 0 saturated carbocycles. The molecule has 0 heterocycles. The maximum absolute atomic E-state index is 11.1. The Morgan fingerprint density at radius 3 is 2.29 bits per heavy atom. The predicted molar refractivity (Wildman–Crippen MR) is 80.8 cm³/mol. The number of halogens is 1. The molecule has 21 heavy (non-hydrogen) atoms. The second kappa shape index (κ2) is 6.62. The Morgan fingerprint density at radius 2 is 1.76 bits per heavy atom. The lowest BCUT2D eigenvalue weighted by atomic mass is 10.1. The van der Waals surface area contributed by atoms with E-state index in [-0.39, 0.29) is 11.4 Å². The van der Waals surface area contributed by atoms with E-state index < -0.39 is 4.92 Å².